The van der Waals surface area contributed by atoms with Gasteiger partial charge in [-0.15, -0.1) is 0 Å². The minimum Gasteiger partial charge on any atom is -0.493 e. The van der Waals surface area contributed by atoms with Crippen LogP contribution in [0.1, 0.15) is 44.7 Å². The van der Waals surface area contributed by atoms with Crippen LogP contribution < -0.4 is 14.2 Å². The van der Waals surface area contributed by atoms with Crippen molar-refractivity contribution in [2.45, 2.75) is 38.0 Å². The average molecular weight is 555 g/mol. The van der Waals surface area contributed by atoms with Gasteiger partial charge in [0.15, 0.2) is 11.5 Å². The Morgan fingerprint density at radius 1 is 0.775 bits per heavy atom. The van der Waals surface area contributed by atoms with Crippen LogP contribution >= 0.6 is 0 Å². The fourth-order valence-electron chi connectivity index (χ4n) is 5.54. The van der Waals surface area contributed by atoms with Crippen LogP contribution in [0.2, 0.25) is 0 Å². The van der Waals surface area contributed by atoms with E-state index < -0.39 is 11.7 Å². The van der Waals surface area contributed by atoms with Gasteiger partial charge in [-0.2, -0.15) is 13.2 Å². The third kappa shape index (κ3) is 5.17. The Kier molecular flexibility index (Phi) is 7.35. The molecule has 2 atom stereocenters. The van der Waals surface area contributed by atoms with Crippen molar-refractivity contribution in [1.82, 2.24) is 9.80 Å². The number of likely N-dealkylation sites (tertiary alicyclic amines) is 2. The third-order valence-corrected chi connectivity index (χ3v) is 7.58. The van der Waals surface area contributed by atoms with Crippen molar-refractivity contribution in [3.8, 4) is 23.0 Å². The van der Waals surface area contributed by atoms with E-state index in [0.717, 1.165) is 17.7 Å². The first-order chi connectivity index (χ1) is 19.1. The van der Waals surface area contributed by atoms with Gasteiger partial charge in [-0.05, 0) is 86.0 Å². The molecule has 2 fully saturated rings. The second kappa shape index (κ2) is 10.7. The average Bonchev–Trinajstić information content (AvgIpc) is 3.55. The Morgan fingerprint density at radius 3 is 1.80 bits per heavy atom. The maximum Gasteiger partial charge on any atom is 0.416 e. The van der Waals surface area contributed by atoms with Gasteiger partial charge < -0.3 is 24.0 Å². The lowest BCUT2D eigenvalue weighted by atomic mass is 10.0. The SMILES string of the molecule is COc1cc(C)c(C(=O)N2CC[C@H]3[C@H]2CCN3C(=O)c2ccc(Oc3ccc(C(F)(F)F)cc3)cc2)cc1OC. The van der Waals surface area contributed by atoms with Gasteiger partial charge in [-0.3, -0.25) is 9.59 Å². The van der Waals surface area contributed by atoms with Crippen LogP contribution in [-0.2, 0) is 6.18 Å². The first-order valence-electron chi connectivity index (χ1n) is 12.9. The zero-order valence-electron chi connectivity index (χ0n) is 22.3. The van der Waals surface area contributed by atoms with Crippen LogP contribution in [0.3, 0.4) is 0 Å². The van der Waals surface area contributed by atoms with E-state index in [0.29, 0.717) is 54.3 Å². The predicted molar refractivity (Wildman–Crippen MR) is 141 cm³/mol. The summed E-state index contributed by atoms with van der Waals surface area (Å²) in [6, 6.07) is 14.3. The van der Waals surface area contributed by atoms with Gasteiger partial charge in [0.1, 0.15) is 11.5 Å². The summed E-state index contributed by atoms with van der Waals surface area (Å²) in [4.78, 5) is 30.6. The van der Waals surface area contributed by atoms with Gasteiger partial charge in [0, 0.05) is 24.2 Å². The van der Waals surface area contributed by atoms with Gasteiger partial charge in [0.2, 0.25) is 0 Å². The number of halogens is 3. The highest BCUT2D eigenvalue weighted by Crippen LogP contribution is 2.37. The molecule has 0 N–H and O–H groups in total. The lowest BCUT2D eigenvalue weighted by Crippen LogP contribution is -2.41. The van der Waals surface area contributed by atoms with Crippen molar-refractivity contribution in [2.75, 3.05) is 27.3 Å². The summed E-state index contributed by atoms with van der Waals surface area (Å²) in [5.74, 6) is 1.48. The number of carbonyl (C=O) groups is 2. The summed E-state index contributed by atoms with van der Waals surface area (Å²) in [6.07, 6.45) is -3.05. The molecule has 0 unspecified atom stereocenters. The minimum absolute atomic E-state index is 0.0776. The van der Waals surface area contributed by atoms with Crippen molar-refractivity contribution in [2.24, 2.45) is 0 Å². The van der Waals surface area contributed by atoms with E-state index in [2.05, 4.69) is 0 Å². The second-order valence-corrected chi connectivity index (χ2v) is 9.88. The van der Waals surface area contributed by atoms with Gasteiger partial charge in [0.25, 0.3) is 11.8 Å². The maximum absolute atomic E-state index is 13.5. The molecular formula is C30H29F3N2O5. The Morgan fingerprint density at radius 2 is 1.27 bits per heavy atom. The molecular weight excluding hydrogens is 525 g/mol. The molecule has 2 amide bonds. The molecule has 3 aromatic rings. The maximum atomic E-state index is 13.5. The zero-order valence-corrected chi connectivity index (χ0v) is 22.3. The van der Waals surface area contributed by atoms with E-state index in [1.54, 1.807) is 43.5 Å². The standard InChI is InChI=1S/C30H29F3N2O5/c1-18-16-26(38-2)27(39-3)17-23(18)29(37)35-15-13-24-25(35)12-14-34(24)28(36)19-4-8-21(9-5-19)40-22-10-6-20(7-11-22)30(31,32)33/h4-11,16-17,24-25H,12-15H2,1-3H3/t24-,25+/m0/s1. The molecule has 0 spiro atoms. The Labute approximate surface area is 230 Å². The summed E-state index contributed by atoms with van der Waals surface area (Å²) in [5.41, 5.74) is 1.05. The largest absolute Gasteiger partial charge is 0.493 e. The molecule has 0 aromatic heterocycles. The normalized spacial score (nSPS) is 18.4. The molecule has 0 bridgehead atoms. The van der Waals surface area contributed by atoms with Gasteiger partial charge in [0.05, 0.1) is 31.9 Å². The number of carbonyl (C=O) groups excluding carboxylic acids is 2. The molecule has 210 valence electrons. The van der Waals surface area contributed by atoms with Crippen molar-refractivity contribution >= 4 is 11.8 Å². The van der Waals surface area contributed by atoms with Crippen LogP contribution in [0.25, 0.3) is 0 Å². The number of hydrogen-bond donors (Lipinski definition) is 0. The van der Waals surface area contributed by atoms with Crippen molar-refractivity contribution in [3.05, 3.63) is 82.9 Å². The fraction of sp³-hybridized carbons (Fsp3) is 0.333. The van der Waals surface area contributed by atoms with Crippen molar-refractivity contribution < 1.29 is 37.0 Å². The van der Waals surface area contributed by atoms with Crippen LogP contribution in [0, 0.1) is 6.92 Å². The molecule has 2 aliphatic rings. The molecule has 0 radical (unpaired) electrons. The van der Waals surface area contributed by atoms with E-state index in [-0.39, 0.29) is 29.6 Å². The Bertz CT molecular complexity index is 1410. The van der Waals surface area contributed by atoms with E-state index in [4.69, 9.17) is 14.2 Å². The van der Waals surface area contributed by atoms with Crippen LogP contribution in [0.5, 0.6) is 23.0 Å². The molecule has 10 heteroatoms. The molecule has 5 rings (SSSR count). The van der Waals surface area contributed by atoms with E-state index in [9.17, 15) is 22.8 Å². The lowest BCUT2D eigenvalue weighted by Gasteiger charge is -2.26. The highest BCUT2D eigenvalue weighted by molar-refractivity contribution is 5.98. The topological polar surface area (TPSA) is 68.3 Å². The van der Waals surface area contributed by atoms with Gasteiger partial charge in [-0.1, -0.05) is 0 Å². The zero-order chi connectivity index (χ0) is 28.6. The molecule has 2 aliphatic heterocycles. The monoisotopic (exact) mass is 554 g/mol. The lowest BCUT2D eigenvalue weighted by molar-refractivity contribution is -0.137. The fourth-order valence-corrected chi connectivity index (χ4v) is 5.54. The first-order valence-corrected chi connectivity index (χ1v) is 12.9. The van der Waals surface area contributed by atoms with Crippen molar-refractivity contribution in [3.63, 3.8) is 0 Å². The highest BCUT2D eigenvalue weighted by atomic mass is 19.4. The quantitative estimate of drug-likeness (QED) is 0.377. The Balaban J connectivity index is 1.25. The predicted octanol–water partition coefficient (Wildman–Crippen LogP) is 5.95. The number of nitrogens with zero attached hydrogens (tertiary/aromatic N) is 2. The number of alkyl halides is 3. The number of fused-ring (bicyclic) bond motifs is 1. The molecule has 3 aromatic carbocycles. The number of aryl methyl sites for hydroxylation is 1. The molecule has 0 aliphatic carbocycles. The summed E-state index contributed by atoms with van der Waals surface area (Å²) in [7, 11) is 3.08. The summed E-state index contributed by atoms with van der Waals surface area (Å²) in [6.45, 7) is 2.94. The second-order valence-electron chi connectivity index (χ2n) is 9.88. The first kappa shape index (κ1) is 27.4. The minimum atomic E-state index is -4.42. The van der Waals surface area contributed by atoms with Gasteiger partial charge >= 0.3 is 6.18 Å². The van der Waals surface area contributed by atoms with Crippen LogP contribution in [0.4, 0.5) is 13.2 Å². The molecule has 7 nitrogen and oxygen atoms in total. The Hall–Kier alpha value is -4.21. The smallest absolute Gasteiger partial charge is 0.416 e. The van der Waals surface area contributed by atoms with Crippen molar-refractivity contribution in [1.29, 1.82) is 0 Å². The molecule has 40 heavy (non-hydrogen) atoms. The summed E-state index contributed by atoms with van der Waals surface area (Å²) >= 11 is 0. The van der Waals surface area contributed by atoms with E-state index >= 15 is 0 Å². The van der Waals surface area contributed by atoms with Crippen LogP contribution in [-0.4, -0.2) is 61.0 Å². The number of hydrogen-bond acceptors (Lipinski definition) is 5. The number of amides is 2. The summed E-state index contributed by atoms with van der Waals surface area (Å²) < 4.78 is 54.7. The molecule has 0 saturated carbocycles. The third-order valence-electron chi connectivity index (χ3n) is 7.58. The number of rotatable bonds is 6. The molecule has 2 heterocycles. The summed E-state index contributed by atoms with van der Waals surface area (Å²) in [5, 5.41) is 0. The number of benzene rings is 3. The number of methoxy groups -OCH3 is 2. The van der Waals surface area contributed by atoms with E-state index in [1.165, 1.54) is 19.2 Å². The van der Waals surface area contributed by atoms with Gasteiger partial charge in [-0.25, -0.2) is 0 Å². The number of ether oxygens (including phenoxy) is 3. The highest BCUT2D eigenvalue weighted by Gasteiger charge is 2.46. The van der Waals surface area contributed by atoms with Crippen LogP contribution in [0.15, 0.2) is 60.7 Å². The molecule has 2 saturated heterocycles. The van der Waals surface area contributed by atoms with E-state index in [1.807, 2.05) is 16.7 Å².